The van der Waals surface area contributed by atoms with Crippen molar-refractivity contribution in [1.82, 2.24) is 5.32 Å². The summed E-state index contributed by atoms with van der Waals surface area (Å²) < 4.78 is 34.3. The maximum absolute atomic E-state index is 13.4. The lowest BCUT2D eigenvalue weighted by Crippen LogP contribution is -2.66. The van der Waals surface area contributed by atoms with Crippen LogP contribution in [-0.4, -0.2) is 193 Å². The number of nitrogens with one attached hydrogen (secondary N) is 1. The molecule has 0 aromatic carbocycles. The van der Waals surface area contributed by atoms with Gasteiger partial charge in [0.05, 0.1) is 38.6 Å². The van der Waals surface area contributed by atoms with E-state index >= 15 is 0 Å². The molecule has 3 saturated heterocycles. The summed E-state index contributed by atoms with van der Waals surface area (Å²) >= 11 is 0. The molecule has 0 bridgehead atoms. The van der Waals surface area contributed by atoms with Crippen molar-refractivity contribution >= 4 is 5.91 Å². The molecule has 3 rings (SSSR count). The Bertz CT molecular complexity index is 1530. The van der Waals surface area contributed by atoms with E-state index in [1.165, 1.54) is 167 Å². The van der Waals surface area contributed by atoms with Gasteiger partial charge in [-0.1, -0.05) is 212 Å². The van der Waals surface area contributed by atoms with E-state index in [-0.39, 0.29) is 18.9 Å². The van der Waals surface area contributed by atoms with E-state index in [1.54, 1.807) is 0 Å². The third kappa shape index (κ3) is 29.2. The molecule has 1 amide bonds. The van der Waals surface area contributed by atoms with Gasteiger partial charge >= 0.3 is 0 Å². The smallest absolute Gasteiger partial charge is 0.220 e. The average Bonchev–Trinajstić information content (AvgIpc) is 3.57. The van der Waals surface area contributed by atoms with Gasteiger partial charge in [-0.05, 0) is 38.5 Å². The van der Waals surface area contributed by atoms with Gasteiger partial charge < -0.3 is 89.9 Å². The summed E-state index contributed by atoms with van der Waals surface area (Å²) in [6.45, 7) is 1.80. The fraction of sp³-hybridized carbons (Fsp3) is 0.952. The van der Waals surface area contributed by atoms with E-state index in [4.69, 9.17) is 28.4 Å². The normalized spacial score (nSPS) is 29.8. The summed E-state index contributed by atoms with van der Waals surface area (Å²) in [5.74, 6) is -0.242. The van der Waals surface area contributed by atoms with E-state index in [0.29, 0.717) is 12.8 Å². The first kappa shape index (κ1) is 73.8. The fourth-order valence-electron chi connectivity index (χ4n) is 11.3. The molecule has 81 heavy (non-hydrogen) atoms. The molecule has 0 spiro atoms. The molecule has 12 N–H and O–H groups in total. The molecule has 19 heteroatoms. The molecule has 17 unspecified atom stereocenters. The Labute approximate surface area is 486 Å². The zero-order chi connectivity index (χ0) is 59.0. The van der Waals surface area contributed by atoms with E-state index in [9.17, 15) is 61.0 Å². The van der Waals surface area contributed by atoms with Crippen LogP contribution in [0.1, 0.15) is 245 Å². The minimum atomic E-state index is -1.97. The SMILES string of the molecule is CCCCCCCCCC/C=C\CCCCCCCCCCCCCC(=O)NC(COC1OC(CO)C(OC2OC(CO)C(OC3OC(CO)C(O)C(O)C3O)C(O)C2O)C(O)C1O)C(O)CCCCCCCCCCCCCCC. The van der Waals surface area contributed by atoms with E-state index in [0.717, 1.165) is 44.9 Å². The highest BCUT2D eigenvalue weighted by atomic mass is 16.8. The molecular formula is C62H117NO18. The summed E-state index contributed by atoms with van der Waals surface area (Å²) in [4.78, 5) is 13.4. The number of unbranched alkanes of at least 4 members (excludes halogenated alkanes) is 31. The van der Waals surface area contributed by atoms with Crippen molar-refractivity contribution < 1.29 is 89.4 Å². The van der Waals surface area contributed by atoms with Crippen molar-refractivity contribution in [2.24, 2.45) is 0 Å². The maximum Gasteiger partial charge on any atom is 0.220 e. The highest BCUT2D eigenvalue weighted by Crippen LogP contribution is 2.33. The van der Waals surface area contributed by atoms with Crippen molar-refractivity contribution in [2.45, 2.75) is 349 Å². The van der Waals surface area contributed by atoms with Crippen LogP contribution >= 0.6 is 0 Å². The molecule has 0 radical (unpaired) electrons. The maximum atomic E-state index is 13.4. The first-order chi connectivity index (χ1) is 39.3. The zero-order valence-electron chi connectivity index (χ0n) is 50.0. The lowest BCUT2D eigenvalue weighted by atomic mass is 9.96. The Morgan fingerprint density at radius 1 is 0.432 bits per heavy atom. The van der Waals surface area contributed by atoms with Crippen molar-refractivity contribution in [3.8, 4) is 0 Å². The predicted octanol–water partition coefficient (Wildman–Crippen LogP) is 6.94. The van der Waals surface area contributed by atoms with Crippen molar-refractivity contribution in [1.29, 1.82) is 0 Å². The van der Waals surface area contributed by atoms with Gasteiger partial charge in [-0.2, -0.15) is 0 Å². The van der Waals surface area contributed by atoms with Crippen LogP contribution < -0.4 is 5.32 Å². The van der Waals surface area contributed by atoms with E-state index in [2.05, 4.69) is 31.3 Å². The van der Waals surface area contributed by atoms with Gasteiger partial charge in [-0.3, -0.25) is 4.79 Å². The Balaban J connectivity index is 1.44. The minimum absolute atomic E-state index is 0.242. The summed E-state index contributed by atoms with van der Waals surface area (Å²) in [6, 6.07) is -0.883. The first-order valence-corrected chi connectivity index (χ1v) is 32.4. The molecule has 0 aliphatic carbocycles. The molecule has 0 aromatic heterocycles. The number of amides is 1. The molecule has 3 aliphatic rings. The number of carbonyl (C=O) groups is 1. The Hall–Kier alpha value is -1.47. The molecule has 19 nitrogen and oxygen atoms in total. The van der Waals surface area contributed by atoms with Crippen LogP contribution in [0.2, 0.25) is 0 Å². The van der Waals surface area contributed by atoms with Crippen molar-refractivity contribution in [2.75, 3.05) is 26.4 Å². The first-order valence-electron chi connectivity index (χ1n) is 32.4. The number of ether oxygens (including phenoxy) is 6. The molecule has 17 atom stereocenters. The fourth-order valence-corrected chi connectivity index (χ4v) is 11.3. The highest BCUT2D eigenvalue weighted by Gasteiger charge is 2.53. The number of hydrogen-bond donors (Lipinski definition) is 12. The Kier molecular flexibility index (Phi) is 41.7. The van der Waals surface area contributed by atoms with Gasteiger partial charge in [0, 0.05) is 6.42 Å². The van der Waals surface area contributed by atoms with Gasteiger partial charge in [-0.15, -0.1) is 0 Å². The predicted molar refractivity (Wildman–Crippen MR) is 310 cm³/mol. The van der Waals surface area contributed by atoms with Crippen LogP contribution in [0.15, 0.2) is 12.2 Å². The molecule has 478 valence electrons. The number of aliphatic hydroxyl groups is 11. The number of aliphatic hydroxyl groups excluding tert-OH is 11. The minimum Gasteiger partial charge on any atom is -0.394 e. The summed E-state index contributed by atoms with van der Waals surface area (Å²) in [6.07, 6.45) is 20.1. The average molecular weight is 1160 g/mol. The van der Waals surface area contributed by atoms with E-state index in [1.807, 2.05) is 0 Å². The monoisotopic (exact) mass is 1160 g/mol. The van der Waals surface area contributed by atoms with Crippen LogP contribution in [0.5, 0.6) is 0 Å². The number of carbonyl (C=O) groups excluding carboxylic acids is 1. The van der Waals surface area contributed by atoms with Crippen LogP contribution in [0.3, 0.4) is 0 Å². The molecular weight excluding hydrogens is 1050 g/mol. The lowest BCUT2D eigenvalue weighted by Gasteiger charge is -2.48. The lowest BCUT2D eigenvalue weighted by molar-refractivity contribution is -0.379. The summed E-state index contributed by atoms with van der Waals surface area (Å²) in [7, 11) is 0. The number of hydrogen-bond acceptors (Lipinski definition) is 18. The van der Waals surface area contributed by atoms with Gasteiger partial charge in [0.2, 0.25) is 5.91 Å². The van der Waals surface area contributed by atoms with Crippen molar-refractivity contribution in [3.05, 3.63) is 12.2 Å². The standard InChI is InChI=1S/C62H117NO18/c1-3-5-7-9-11-13-15-17-18-19-20-21-22-23-24-25-26-28-30-32-34-36-38-40-50(68)63-45(46(67)39-37-35-33-31-29-27-16-14-12-10-8-6-4-2)44-76-60-56(74)53(71)58(48(42-65)78-60)81-62-57(75)54(72)59(49(43-66)79-62)80-61-55(73)52(70)51(69)47(41-64)77-61/h19-20,45-49,51-62,64-67,69-75H,3-18,21-44H2,1-2H3,(H,63,68)/b20-19-. The number of rotatable bonds is 49. The third-order valence-corrected chi connectivity index (χ3v) is 16.6. The molecule has 3 fully saturated rings. The summed E-state index contributed by atoms with van der Waals surface area (Å²) in [5.41, 5.74) is 0. The second-order valence-electron chi connectivity index (χ2n) is 23.6. The van der Waals surface area contributed by atoms with Crippen LogP contribution in [0.4, 0.5) is 0 Å². The van der Waals surface area contributed by atoms with Crippen LogP contribution in [-0.2, 0) is 33.2 Å². The van der Waals surface area contributed by atoms with Crippen LogP contribution in [0.25, 0.3) is 0 Å². The van der Waals surface area contributed by atoms with Gasteiger partial charge in [0.25, 0.3) is 0 Å². The van der Waals surface area contributed by atoms with Crippen molar-refractivity contribution in [3.63, 3.8) is 0 Å². The highest BCUT2D eigenvalue weighted by molar-refractivity contribution is 5.76. The largest absolute Gasteiger partial charge is 0.394 e. The van der Waals surface area contributed by atoms with Gasteiger partial charge in [0.1, 0.15) is 73.2 Å². The Morgan fingerprint density at radius 2 is 0.778 bits per heavy atom. The van der Waals surface area contributed by atoms with Crippen LogP contribution in [0, 0.1) is 0 Å². The number of allylic oxidation sites excluding steroid dienone is 2. The second-order valence-corrected chi connectivity index (χ2v) is 23.6. The molecule has 0 saturated carbocycles. The Morgan fingerprint density at radius 3 is 1.20 bits per heavy atom. The topological polar surface area (TPSA) is 307 Å². The molecule has 3 aliphatic heterocycles. The molecule has 3 heterocycles. The van der Waals surface area contributed by atoms with Gasteiger partial charge in [0.15, 0.2) is 18.9 Å². The summed E-state index contributed by atoms with van der Waals surface area (Å²) in [5, 5.41) is 120. The quantitative estimate of drug-likeness (QED) is 0.0217. The van der Waals surface area contributed by atoms with Gasteiger partial charge in [-0.25, -0.2) is 0 Å². The zero-order valence-corrected chi connectivity index (χ0v) is 50.0. The second kappa shape index (κ2) is 45.8. The van der Waals surface area contributed by atoms with E-state index < -0.39 is 124 Å². The molecule has 0 aromatic rings. The third-order valence-electron chi connectivity index (χ3n) is 16.6.